The summed E-state index contributed by atoms with van der Waals surface area (Å²) < 4.78 is 14.6. The number of benzene rings is 1. The predicted molar refractivity (Wildman–Crippen MR) is 86.9 cm³/mol. The first-order valence-corrected chi connectivity index (χ1v) is 8.03. The largest absolute Gasteiger partial charge is 0.334 e. The molecule has 1 aromatic carbocycles. The summed E-state index contributed by atoms with van der Waals surface area (Å²) in [6.45, 7) is 1.18. The van der Waals surface area contributed by atoms with Crippen molar-refractivity contribution >= 4 is 11.4 Å². The van der Waals surface area contributed by atoms with Crippen LogP contribution >= 0.6 is 0 Å². The summed E-state index contributed by atoms with van der Waals surface area (Å²) >= 11 is 0. The number of carbonyl (C=O) groups excluding carboxylic acids is 1. The first-order chi connectivity index (χ1) is 11.7. The quantitative estimate of drug-likeness (QED) is 0.725. The van der Waals surface area contributed by atoms with Crippen molar-refractivity contribution in [1.82, 2.24) is 19.7 Å². The van der Waals surface area contributed by atoms with E-state index in [-0.39, 0.29) is 11.7 Å². The van der Waals surface area contributed by atoms with E-state index in [1.54, 1.807) is 30.6 Å². The molecule has 1 saturated carbocycles. The third-order valence-electron chi connectivity index (χ3n) is 4.28. The van der Waals surface area contributed by atoms with Crippen LogP contribution in [0.25, 0.3) is 5.52 Å². The van der Waals surface area contributed by atoms with Crippen molar-refractivity contribution in [3.8, 4) is 0 Å². The fraction of sp³-hybridized carbons (Fsp3) is 0.278. The molecule has 0 atom stereocenters. The number of nitrogens with zero attached hydrogens (tertiary/aromatic N) is 4. The van der Waals surface area contributed by atoms with Crippen LogP contribution in [0.2, 0.25) is 0 Å². The molecule has 1 amide bonds. The predicted octanol–water partition coefficient (Wildman–Crippen LogP) is 2.92. The first kappa shape index (κ1) is 14.8. The number of carbonyl (C=O) groups is 1. The fourth-order valence-corrected chi connectivity index (χ4v) is 2.81. The average Bonchev–Trinajstić information content (AvgIpc) is 3.31. The van der Waals surface area contributed by atoms with Gasteiger partial charge in [-0.3, -0.25) is 4.79 Å². The van der Waals surface area contributed by atoms with Gasteiger partial charge in [-0.15, -0.1) is 0 Å². The minimum absolute atomic E-state index is 0.0609. The number of aromatic nitrogens is 3. The van der Waals surface area contributed by atoms with Gasteiger partial charge in [-0.05, 0) is 48.6 Å². The van der Waals surface area contributed by atoms with E-state index >= 15 is 0 Å². The highest BCUT2D eigenvalue weighted by atomic mass is 19.1. The zero-order chi connectivity index (χ0) is 16.5. The number of rotatable bonds is 5. The van der Waals surface area contributed by atoms with Crippen molar-refractivity contribution in [3.63, 3.8) is 0 Å². The SMILES string of the molecule is O=C(c1cnn2ncccc12)N(Cc1ccc(F)cc1)CC1CC1. The van der Waals surface area contributed by atoms with Crippen LogP contribution in [0.3, 0.4) is 0 Å². The summed E-state index contributed by atoms with van der Waals surface area (Å²) in [5, 5.41) is 8.25. The second kappa shape index (κ2) is 6.03. The smallest absolute Gasteiger partial charge is 0.258 e. The fourth-order valence-electron chi connectivity index (χ4n) is 2.81. The molecule has 0 bridgehead atoms. The van der Waals surface area contributed by atoms with Gasteiger partial charge in [0.05, 0.1) is 11.8 Å². The number of hydrogen-bond donors (Lipinski definition) is 0. The molecule has 0 spiro atoms. The van der Waals surface area contributed by atoms with Crippen LogP contribution in [-0.2, 0) is 6.54 Å². The molecule has 6 heteroatoms. The Kier molecular flexibility index (Phi) is 3.72. The molecule has 0 saturated heterocycles. The Labute approximate surface area is 138 Å². The number of hydrogen-bond acceptors (Lipinski definition) is 3. The molecular formula is C18H17FN4O. The normalized spacial score (nSPS) is 14.0. The van der Waals surface area contributed by atoms with E-state index in [9.17, 15) is 9.18 Å². The lowest BCUT2D eigenvalue weighted by atomic mass is 10.1. The van der Waals surface area contributed by atoms with Gasteiger partial charge in [0.1, 0.15) is 11.3 Å². The molecule has 1 aliphatic carbocycles. The van der Waals surface area contributed by atoms with E-state index in [1.165, 1.54) is 16.8 Å². The number of fused-ring (bicyclic) bond motifs is 1. The third kappa shape index (κ3) is 2.99. The van der Waals surface area contributed by atoms with E-state index in [1.807, 2.05) is 11.0 Å². The van der Waals surface area contributed by atoms with E-state index < -0.39 is 0 Å². The molecule has 2 aromatic heterocycles. The third-order valence-corrected chi connectivity index (χ3v) is 4.28. The maximum atomic E-state index is 13.1. The van der Waals surface area contributed by atoms with Crippen LogP contribution < -0.4 is 0 Å². The Morgan fingerprint density at radius 2 is 2.00 bits per heavy atom. The molecule has 0 N–H and O–H groups in total. The molecular weight excluding hydrogens is 307 g/mol. The summed E-state index contributed by atoms with van der Waals surface area (Å²) in [6, 6.07) is 9.92. The molecule has 0 unspecified atom stereocenters. The highest BCUT2D eigenvalue weighted by Gasteiger charge is 2.28. The molecule has 122 valence electrons. The molecule has 1 fully saturated rings. The summed E-state index contributed by atoms with van der Waals surface area (Å²) in [7, 11) is 0. The molecule has 0 aliphatic heterocycles. The van der Waals surface area contributed by atoms with Crippen molar-refractivity contribution in [1.29, 1.82) is 0 Å². The monoisotopic (exact) mass is 324 g/mol. The van der Waals surface area contributed by atoms with Gasteiger partial charge in [-0.25, -0.2) is 4.39 Å². The van der Waals surface area contributed by atoms with E-state index in [2.05, 4.69) is 10.2 Å². The molecule has 3 aromatic rings. The van der Waals surface area contributed by atoms with Gasteiger partial charge in [-0.1, -0.05) is 12.1 Å². The van der Waals surface area contributed by atoms with Gasteiger partial charge >= 0.3 is 0 Å². The van der Waals surface area contributed by atoms with Crippen molar-refractivity contribution in [2.24, 2.45) is 5.92 Å². The Bertz CT molecular complexity index is 870. The first-order valence-electron chi connectivity index (χ1n) is 8.03. The maximum absolute atomic E-state index is 13.1. The molecule has 2 heterocycles. The zero-order valence-corrected chi connectivity index (χ0v) is 13.1. The summed E-state index contributed by atoms with van der Waals surface area (Å²) in [4.78, 5) is 14.9. The molecule has 24 heavy (non-hydrogen) atoms. The summed E-state index contributed by atoms with van der Waals surface area (Å²) in [5.74, 6) is 0.233. The van der Waals surface area contributed by atoms with Gasteiger partial charge in [0.2, 0.25) is 0 Å². The standard InChI is InChI=1S/C18H17FN4O/c19-15-7-5-14(6-8-15)12-22(11-13-3-4-13)18(24)16-10-21-23-17(16)2-1-9-20-23/h1-2,5-10,13H,3-4,11-12H2. The Morgan fingerprint density at radius 3 is 2.75 bits per heavy atom. The van der Waals surface area contributed by atoms with Crippen LogP contribution in [0.4, 0.5) is 4.39 Å². The highest BCUT2D eigenvalue weighted by Crippen LogP contribution is 2.31. The number of halogens is 1. The molecule has 5 nitrogen and oxygen atoms in total. The Balaban J connectivity index is 1.62. The van der Waals surface area contributed by atoms with Crippen molar-refractivity contribution in [3.05, 3.63) is 65.7 Å². The molecule has 0 radical (unpaired) electrons. The van der Waals surface area contributed by atoms with Crippen LogP contribution in [0, 0.1) is 11.7 Å². The maximum Gasteiger partial charge on any atom is 0.258 e. The van der Waals surface area contributed by atoms with Crippen LogP contribution in [0.5, 0.6) is 0 Å². The van der Waals surface area contributed by atoms with Gasteiger partial charge in [0.15, 0.2) is 0 Å². The highest BCUT2D eigenvalue weighted by molar-refractivity contribution is 6.00. The van der Waals surface area contributed by atoms with Crippen LogP contribution in [-0.4, -0.2) is 32.2 Å². The van der Waals surface area contributed by atoms with Gasteiger partial charge < -0.3 is 4.90 Å². The van der Waals surface area contributed by atoms with E-state index in [0.717, 1.165) is 18.4 Å². The van der Waals surface area contributed by atoms with Crippen LogP contribution in [0.15, 0.2) is 48.8 Å². The minimum atomic E-state index is -0.271. The Hall–Kier alpha value is -2.76. The second-order valence-corrected chi connectivity index (χ2v) is 6.21. The topological polar surface area (TPSA) is 50.5 Å². The summed E-state index contributed by atoms with van der Waals surface area (Å²) in [6.07, 6.45) is 5.51. The van der Waals surface area contributed by atoms with E-state index in [4.69, 9.17) is 0 Å². The average molecular weight is 324 g/mol. The molecule has 4 rings (SSSR count). The lowest BCUT2D eigenvalue weighted by Crippen LogP contribution is -2.32. The molecule has 1 aliphatic rings. The lowest BCUT2D eigenvalue weighted by molar-refractivity contribution is 0.0737. The van der Waals surface area contributed by atoms with Crippen molar-refractivity contribution < 1.29 is 9.18 Å². The van der Waals surface area contributed by atoms with Crippen molar-refractivity contribution in [2.75, 3.05) is 6.54 Å². The second-order valence-electron chi connectivity index (χ2n) is 6.21. The Morgan fingerprint density at radius 1 is 1.21 bits per heavy atom. The zero-order valence-electron chi connectivity index (χ0n) is 13.1. The summed E-state index contributed by atoms with van der Waals surface area (Å²) in [5.41, 5.74) is 2.16. The van der Waals surface area contributed by atoms with Gasteiger partial charge in [0, 0.05) is 19.3 Å². The number of amides is 1. The van der Waals surface area contributed by atoms with Crippen molar-refractivity contribution in [2.45, 2.75) is 19.4 Å². The van der Waals surface area contributed by atoms with E-state index in [0.29, 0.717) is 30.1 Å². The van der Waals surface area contributed by atoms with Gasteiger partial charge in [0.25, 0.3) is 5.91 Å². The van der Waals surface area contributed by atoms with Crippen LogP contribution in [0.1, 0.15) is 28.8 Å². The van der Waals surface area contributed by atoms with Gasteiger partial charge in [-0.2, -0.15) is 14.8 Å². The lowest BCUT2D eigenvalue weighted by Gasteiger charge is -2.22. The minimum Gasteiger partial charge on any atom is -0.334 e.